The maximum atomic E-state index is 10.6. The van der Waals surface area contributed by atoms with E-state index in [0.29, 0.717) is 0 Å². The van der Waals surface area contributed by atoms with Crippen LogP contribution in [0.5, 0.6) is 0 Å². The predicted octanol–water partition coefficient (Wildman–Crippen LogP) is 1.20. The van der Waals surface area contributed by atoms with Gasteiger partial charge < -0.3 is 9.80 Å². The summed E-state index contributed by atoms with van der Waals surface area (Å²) < 4.78 is 0. The summed E-state index contributed by atoms with van der Waals surface area (Å²) in [7, 11) is 2.10. The third-order valence-corrected chi connectivity index (χ3v) is 2.03. The molecule has 0 bridgehead atoms. The highest BCUT2D eigenvalue weighted by Crippen LogP contribution is 1.90. The number of nitrogens with zero attached hydrogens (tertiary/aromatic N) is 2. The highest BCUT2D eigenvalue weighted by molar-refractivity contribution is 5.46. The fourth-order valence-corrected chi connectivity index (χ4v) is 1.30. The standard InChI is InChI=1S/C10H22N2O/c1-4-6-11(3)8-9-12(10-13)7-5-2/h10H,4-9H2,1-3H3. The molecule has 0 aliphatic carbocycles. The molecule has 0 spiro atoms. The Morgan fingerprint density at radius 1 is 1.00 bits per heavy atom. The Kier molecular flexibility index (Phi) is 7.69. The molecular weight excluding hydrogens is 164 g/mol. The summed E-state index contributed by atoms with van der Waals surface area (Å²) in [6, 6.07) is 0. The molecule has 0 rings (SSSR count). The molecule has 0 unspecified atom stereocenters. The Morgan fingerprint density at radius 3 is 2.08 bits per heavy atom. The molecule has 0 saturated heterocycles. The lowest BCUT2D eigenvalue weighted by Gasteiger charge is -2.21. The van der Waals surface area contributed by atoms with Crippen LogP contribution < -0.4 is 0 Å². The summed E-state index contributed by atoms with van der Waals surface area (Å²) in [6.07, 6.45) is 3.16. The number of hydrogen-bond donors (Lipinski definition) is 0. The van der Waals surface area contributed by atoms with Crippen LogP contribution in [0.1, 0.15) is 26.7 Å². The van der Waals surface area contributed by atoms with Crippen LogP contribution in [0.4, 0.5) is 0 Å². The number of carbonyl (C=O) groups is 1. The molecule has 3 heteroatoms. The molecule has 0 atom stereocenters. The maximum absolute atomic E-state index is 10.6. The topological polar surface area (TPSA) is 23.6 Å². The molecule has 0 aromatic heterocycles. The van der Waals surface area contributed by atoms with Crippen molar-refractivity contribution in [2.24, 2.45) is 0 Å². The van der Waals surface area contributed by atoms with Crippen molar-refractivity contribution in [3.63, 3.8) is 0 Å². The molecule has 0 aliphatic heterocycles. The minimum absolute atomic E-state index is 0.855. The fraction of sp³-hybridized carbons (Fsp3) is 0.900. The summed E-state index contributed by atoms with van der Waals surface area (Å²) >= 11 is 0. The highest BCUT2D eigenvalue weighted by atomic mass is 16.1. The summed E-state index contributed by atoms with van der Waals surface area (Å²) in [6.45, 7) is 8.08. The van der Waals surface area contributed by atoms with Crippen molar-refractivity contribution >= 4 is 6.41 Å². The van der Waals surface area contributed by atoms with Crippen LogP contribution in [0, 0.1) is 0 Å². The van der Waals surface area contributed by atoms with Gasteiger partial charge in [-0.3, -0.25) is 4.79 Å². The lowest BCUT2D eigenvalue weighted by atomic mass is 10.4. The Morgan fingerprint density at radius 2 is 1.62 bits per heavy atom. The molecule has 0 radical (unpaired) electrons. The smallest absolute Gasteiger partial charge is 0.209 e. The van der Waals surface area contributed by atoms with Crippen LogP contribution >= 0.6 is 0 Å². The normalized spacial score (nSPS) is 10.5. The number of amides is 1. The van der Waals surface area contributed by atoms with Gasteiger partial charge in [-0.05, 0) is 26.4 Å². The van der Waals surface area contributed by atoms with Crippen molar-refractivity contribution in [2.75, 3.05) is 33.2 Å². The SMILES string of the molecule is CCCN(C)CCN(C=O)CCC. The minimum atomic E-state index is 0.855. The van der Waals surface area contributed by atoms with Crippen LogP contribution in [0.3, 0.4) is 0 Å². The van der Waals surface area contributed by atoms with E-state index >= 15 is 0 Å². The fourth-order valence-electron chi connectivity index (χ4n) is 1.30. The Bertz CT molecular complexity index is 128. The molecule has 0 aliphatic rings. The first-order chi connectivity index (χ1) is 6.24. The maximum Gasteiger partial charge on any atom is 0.209 e. The van der Waals surface area contributed by atoms with Gasteiger partial charge in [-0.1, -0.05) is 13.8 Å². The van der Waals surface area contributed by atoms with Crippen LogP contribution in [0.2, 0.25) is 0 Å². The molecule has 1 amide bonds. The molecule has 0 heterocycles. The number of carbonyl (C=O) groups excluding carboxylic acids is 1. The van der Waals surface area contributed by atoms with Gasteiger partial charge >= 0.3 is 0 Å². The minimum Gasteiger partial charge on any atom is -0.344 e. The van der Waals surface area contributed by atoms with Gasteiger partial charge in [-0.15, -0.1) is 0 Å². The average molecular weight is 186 g/mol. The Balaban J connectivity index is 3.52. The predicted molar refractivity (Wildman–Crippen MR) is 55.7 cm³/mol. The quantitative estimate of drug-likeness (QED) is 0.532. The summed E-state index contributed by atoms with van der Waals surface area (Å²) in [5.41, 5.74) is 0. The summed E-state index contributed by atoms with van der Waals surface area (Å²) in [4.78, 5) is 14.7. The first-order valence-corrected chi connectivity index (χ1v) is 5.12. The van der Waals surface area contributed by atoms with Crippen molar-refractivity contribution in [1.82, 2.24) is 9.80 Å². The lowest BCUT2D eigenvalue weighted by Crippen LogP contribution is -2.33. The van der Waals surface area contributed by atoms with E-state index in [1.54, 1.807) is 0 Å². The van der Waals surface area contributed by atoms with Gasteiger partial charge in [-0.25, -0.2) is 0 Å². The number of hydrogen-bond acceptors (Lipinski definition) is 2. The number of rotatable bonds is 8. The van der Waals surface area contributed by atoms with Crippen molar-refractivity contribution < 1.29 is 4.79 Å². The average Bonchev–Trinajstić information content (AvgIpc) is 2.12. The van der Waals surface area contributed by atoms with Crippen LogP contribution in [-0.4, -0.2) is 49.4 Å². The summed E-state index contributed by atoms with van der Waals surface area (Å²) in [5, 5.41) is 0. The van der Waals surface area contributed by atoms with Crippen LogP contribution in [0.25, 0.3) is 0 Å². The first-order valence-electron chi connectivity index (χ1n) is 5.12. The number of likely N-dealkylation sites (N-methyl/N-ethyl adjacent to an activating group) is 1. The largest absolute Gasteiger partial charge is 0.344 e. The Hall–Kier alpha value is -0.570. The molecular formula is C10H22N2O. The van der Waals surface area contributed by atoms with Crippen molar-refractivity contribution in [3.05, 3.63) is 0 Å². The van der Waals surface area contributed by atoms with Crippen molar-refractivity contribution in [3.8, 4) is 0 Å². The van der Waals surface area contributed by atoms with E-state index < -0.39 is 0 Å². The lowest BCUT2D eigenvalue weighted by molar-refractivity contribution is -0.118. The zero-order valence-electron chi connectivity index (χ0n) is 9.12. The Labute approximate surface area is 81.7 Å². The van der Waals surface area contributed by atoms with E-state index in [1.807, 2.05) is 4.90 Å². The van der Waals surface area contributed by atoms with E-state index in [0.717, 1.165) is 39.0 Å². The van der Waals surface area contributed by atoms with Crippen LogP contribution in [0.15, 0.2) is 0 Å². The first kappa shape index (κ1) is 12.4. The van der Waals surface area contributed by atoms with Gasteiger partial charge in [0.05, 0.1) is 0 Å². The molecule has 78 valence electrons. The van der Waals surface area contributed by atoms with E-state index in [1.165, 1.54) is 6.42 Å². The van der Waals surface area contributed by atoms with Gasteiger partial charge in [0, 0.05) is 19.6 Å². The van der Waals surface area contributed by atoms with Gasteiger partial charge in [0.15, 0.2) is 0 Å². The van der Waals surface area contributed by atoms with E-state index in [2.05, 4.69) is 25.8 Å². The van der Waals surface area contributed by atoms with E-state index in [9.17, 15) is 4.79 Å². The zero-order valence-corrected chi connectivity index (χ0v) is 9.12. The molecule has 0 aromatic rings. The van der Waals surface area contributed by atoms with Crippen molar-refractivity contribution in [1.29, 1.82) is 0 Å². The van der Waals surface area contributed by atoms with Crippen LogP contribution in [-0.2, 0) is 4.79 Å². The third-order valence-electron chi connectivity index (χ3n) is 2.03. The molecule has 0 N–H and O–H groups in total. The molecule has 0 saturated carbocycles. The van der Waals surface area contributed by atoms with E-state index in [4.69, 9.17) is 0 Å². The second-order valence-corrected chi connectivity index (χ2v) is 3.44. The van der Waals surface area contributed by atoms with Gasteiger partial charge in [0.1, 0.15) is 0 Å². The molecule has 0 aromatic carbocycles. The second kappa shape index (κ2) is 8.05. The van der Waals surface area contributed by atoms with Crippen molar-refractivity contribution in [2.45, 2.75) is 26.7 Å². The second-order valence-electron chi connectivity index (χ2n) is 3.44. The zero-order chi connectivity index (χ0) is 10.1. The van der Waals surface area contributed by atoms with Gasteiger partial charge in [0.25, 0.3) is 0 Å². The van der Waals surface area contributed by atoms with Gasteiger partial charge in [0.2, 0.25) is 6.41 Å². The third kappa shape index (κ3) is 6.58. The van der Waals surface area contributed by atoms with Gasteiger partial charge in [-0.2, -0.15) is 0 Å². The monoisotopic (exact) mass is 186 g/mol. The van der Waals surface area contributed by atoms with E-state index in [-0.39, 0.29) is 0 Å². The molecule has 3 nitrogen and oxygen atoms in total. The highest BCUT2D eigenvalue weighted by Gasteiger charge is 2.01. The summed E-state index contributed by atoms with van der Waals surface area (Å²) in [5.74, 6) is 0. The molecule has 13 heavy (non-hydrogen) atoms. The molecule has 0 fully saturated rings.